The van der Waals surface area contributed by atoms with Crippen LogP contribution in [0.15, 0.2) is 47.3 Å². The third-order valence-corrected chi connectivity index (χ3v) is 3.88. The lowest BCUT2D eigenvalue weighted by atomic mass is 10.2. The maximum atomic E-state index is 12.1. The van der Waals surface area contributed by atoms with Crippen LogP contribution in [-0.4, -0.2) is 34.3 Å². The number of carbonyl (C=O) groups is 1. The Balaban J connectivity index is 1.61. The Labute approximate surface area is 143 Å². The van der Waals surface area contributed by atoms with Crippen LogP contribution in [0.4, 0.5) is 0 Å². The Kier molecular flexibility index (Phi) is 4.74. The van der Waals surface area contributed by atoms with Gasteiger partial charge in [0, 0.05) is 6.54 Å². The van der Waals surface area contributed by atoms with Gasteiger partial charge in [0.2, 0.25) is 0 Å². The highest BCUT2D eigenvalue weighted by Crippen LogP contribution is 2.29. The summed E-state index contributed by atoms with van der Waals surface area (Å²) in [4.78, 5) is 26.8. The first kappa shape index (κ1) is 16.6. The molecule has 3 rings (SSSR count). The molecule has 0 saturated heterocycles. The molecule has 1 aromatic heterocycles. The van der Waals surface area contributed by atoms with Crippen LogP contribution in [0.1, 0.15) is 16.8 Å². The molecule has 0 aliphatic carbocycles. The lowest BCUT2D eigenvalue weighted by Gasteiger charge is -2.09. The second-order valence-corrected chi connectivity index (χ2v) is 5.44. The summed E-state index contributed by atoms with van der Waals surface area (Å²) in [6.45, 7) is 0.543. The molecular weight excluding hydrogens is 324 g/mol. The topological polar surface area (TPSA) is 93.5 Å². The molecule has 0 fully saturated rings. The molecule has 2 aromatic carbocycles. The van der Waals surface area contributed by atoms with E-state index in [0.29, 0.717) is 13.0 Å². The summed E-state index contributed by atoms with van der Waals surface area (Å²) >= 11 is 0. The molecule has 0 amide bonds. The van der Waals surface area contributed by atoms with Crippen LogP contribution >= 0.6 is 0 Å². The van der Waals surface area contributed by atoms with Crippen molar-refractivity contribution in [2.24, 2.45) is 0 Å². The van der Waals surface area contributed by atoms with E-state index in [9.17, 15) is 14.7 Å². The van der Waals surface area contributed by atoms with Crippen LogP contribution in [0.2, 0.25) is 0 Å². The van der Waals surface area contributed by atoms with Crippen molar-refractivity contribution in [3.63, 3.8) is 0 Å². The number of aromatic hydroxyl groups is 1. The Bertz CT molecular complexity index is 957. The van der Waals surface area contributed by atoms with E-state index < -0.39 is 5.97 Å². The van der Waals surface area contributed by atoms with Gasteiger partial charge in [-0.05, 0) is 30.7 Å². The number of phenolic OH excluding ortho intramolecular Hbond substituents is 1. The van der Waals surface area contributed by atoms with Crippen molar-refractivity contribution in [1.82, 2.24) is 9.55 Å². The lowest BCUT2D eigenvalue weighted by molar-refractivity contribution is 0.0492. The highest BCUT2D eigenvalue weighted by molar-refractivity contribution is 5.93. The number of imidazole rings is 1. The summed E-state index contributed by atoms with van der Waals surface area (Å²) in [6.07, 6.45) is 0.470. The monoisotopic (exact) mass is 342 g/mol. The first-order chi connectivity index (χ1) is 12.1. The Morgan fingerprint density at radius 3 is 2.80 bits per heavy atom. The largest absolute Gasteiger partial charge is 0.504 e. The van der Waals surface area contributed by atoms with Crippen LogP contribution in [0.25, 0.3) is 11.0 Å². The molecule has 3 aromatic rings. The smallest absolute Gasteiger partial charge is 0.342 e. The molecule has 7 heteroatoms. The summed E-state index contributed by atoms with van der Waals surface area (Å²) in [5.41, 5.74) is 1.43. The summed E-state index contributed by atoms with van der Waals surface area (Å²) in [5.74, 6) is -0.676. The predicted octanol–water partition coefficient (Wildman–Crippen LogP) is 2.29. The minimum Gasteiger partial charge on any atom is -0.504 e. The fourth-order valence-electron chi connectivity index (χ4n) is 2.65. The maximum Gasteiger partial charge on any atom is 0.342 e. The highest BCUT2D eigenvalue weighted by atomic mass is 16.5. The van der Waals surface area contributed by atoms with E-state index in [1.54, 1.807) is 16.7 Å². The number of nitrogens with zero attached hydrogens (tertiary/aromatic N) is 1. The average molecular weight is 342 g/mol. The number of aromatic nitrogens is 2. The minimum absolute atomic E-state index is 0.0450. The van der Waals surface area contributed by atoms with Crippen molar-refractivity contribution in [2.75, 3.05) is 13.7 Å². The van der Waals surface area contributed by atoms with Crippen molar-refractivity contribution in [1.29, 1.82) is 0 Å². The summed E-state index contributed by atoms with van der Waals surface area (Å²) < 4.78 is 11.7. The number of nitrogens with one attached hydrogen (secondary N) is 1. The number of phenols is 1. The fraction of sp³-hybridized carbons (Fsp3) is 0.222. The number of hydrogen-bond donors (Lipinski definition) is 2. The average Bonchev–Trinajstić information content (AvgIpc) is 2.94. The van der Waals surface area contributed by atoms with Crippen molar-refractivity contribution in [3.05, 3.63) is 58.5 Å². The van der Waals surface area contributed by atoms with Gasteiger partial charge in [-0.15, -0.1) is 0 Å². The molecule has 0 aliphatic heterocycles. The lowest BCUT2D eigenvalue weighted by Crippen LogP contribution is -2.18. The Hall–Kier alpha value is -3.22. The van der Waals surface area contributed by atoms with Crippen LogP contribution in [0, 0.1) is 0 Å². The van der Waals surface area contributed by atoms with Crippen molar-refractivity contribution >= 4 is 17.0 Å². The van der Waals surface area contributed by atoms with Gasteiger partial charge < -0.3 is 19.6 Å². The number of ether oxygens (including phenoxy) is 2. The number of fused-ring (bicyclic) bond motifs is 1. The minimum atomic E-state index is -0.636. The number of hydrogen-bond acceptors (Lipinski definition) is 5. The SMILES string of the molecule is COc1cccc(C(=O)OCCCn2c(=O)[nH]c3ccccc32)c1O. The van der Waals surface area contributed by atoms with Crippen LogP contribution in [0.5, 0.6) is 11.5 Å². The molecule has 0 aliphatic rings. The van der Waals surface area contributed by atoms with Gasteiger partial charge in [-0.1, -0.05) is 18.2 Å². The molecule has 7 nitrogen and oxygen atoms in total. The number of carbonyl (C=O) groups excluding carboxylic acids is 1. The van der Waals surface area contributed by atoms with Gasteiger partial charge in [-0.2, -0.15) is 0 Å². The first-order valence-corrected chi connectivity index (χ1v) is 7.82. The second kappa shape index (κ2) is 7.12. The third-order valence-electron chi connectivity index (χ3n) is 3.88. The second-order valence-electron chi connectivity index (χ2n) is 5.44. The number of rotatable bonds is 6. The molecule has 130 valence electrons. The predicted molar refractivity (Wildman–Crippen MR) is 92.1 cm³/mol. The van der Waals surface area contributed by atoms with E-state index in [0.717, 1.165) is 11.0 Å². The molecule has 0 radical (unpaired) electrons. The van der Waals surface area contributed by atoms with Crippen LogP contribution in [-0.2, 0) is 11.3 Å². The number of H-pyrrole nitrogens is 1. The van der Waals surface area contributed by atoms with Gasteiger partial charge in [-0.3, -0.25) is 4.57 Å². The Morgan fingerprint density at radius 1 is 1.20 bits per heavy atom. The van der Waals surface area contributed by atoms with Gasteiger partial charge in [-0.25, -0.2) is 9.59 Å². The molecule has 1 heterocycles. The van der Waals surface area contributed by atoms with E-state index in [1.165, 1.54) is 13.2 Å². The number of esters is 1. The van der Waals surface area contributed by atoms with Crippen LogP contribution in [0.3, 0.4) is 0 Å². The number of benzene rings is 2. The molecule has 0 saturated carbocycles. The molecule has 0 spiro atoms. The number of methoxy groups -OCH3 is 1. The third kappa shape index (κ3) is 3.35. The van der Waals surface area contributed by atoms with E-state index in [1.807, 2.05) is 24.3 Å². The van der Waals surface area contributed by atoms with Gasteiger partial charge in [0.1, 0.15) is 5.56 Å². The molecule has 0 bridgehead atoms. The summed E-state index contributed by atoms with van der Waals surface area (Å²) in [7, 11) is 1.41. The van der Waals surface area contributed by atoms with Gasteiger partial charge in [0.05, 0.1) is 24.8 Å². The van der Waals surface area contributed by atoms with E-state index in [-0.39, 0.29) is 29.4 Å². The van der Waals surface area contributed by atoms with Gasteiger partial charge in [0.15, 0.2) is 11.5 Å². The van der Waals surface area contributed by atoms with Crippen molar-refractivity contribution in [2.45, 2.75) is 13.0 Å². The zero-order chi connectivity index (χ0) is 17.8. The number of aryl methyl sites for hydroxylation is 1. The molecular formula is C18H18N2O5. The Morgan fingerprint density at radius 2 is 2.00 bits per heavy atom. The number of para-hydroxylation sites is 3. The van der Waals surface area contributed by atoms with Gasteiger partial charge in [0.25, 0.3) is 0 Å². The number of aromatic amines is 1. The zero-order valence-corrected chi connectivity index (χ0v) is 13.7. The van der Waals surface area contributed by atoms with Crippen molar-refractivity contribution in [3.8, 4) is 11.5 Å². The van der Waals surface area contributed by atoms with E-state index >= 15 is 0 Å². The fourth-order valence-corrected chi connectivity index (χ4v) is 2.65. The molecule has 2 N–H and O–H groups in total. The summed E-state index contributed by atoms with van der Waals surface area (Å²) in [5, 5.41) is 9.95. The standard InChI is InChI=1S/C18H18N2O5/c1-24-15-9-4-6-12(16(15)21)17(22)25-11-5-10-20-14-8-3-2-7-13(14)19-18(20)23/h2-4,6-9,21H,5,10-11H2,1H3,(H,19,23). The molecule has 0 unspecified atom stereocenters. The summed E-state index contributed by atoms with van der Waals surface area (Å²) in [6, 6.07) is 12.0. The highest BCUT2D eigenvalue weighted by Gasteiger charge is 2.16. The van der Waals surface area contributed by atoms with Crippen LogP contribution < -0.4 is 10.4 Å². The molecule has 0 atom stereocenters. The zero-order valence-electron chi connectivity index (χ0n) is 13.7. The van der Waals surface area contributed by atoms with E-state index in [4.69, 9.17) is 9.47 Å². The van der Waals surface area contributed by atoms with E-state index in [2.05, 4.69) is 4.98 Å². The molecule has 25 heavy (non-hydrogen) atoms. The maximum absolute atomic E-state index is 12.1. The first-order valence-electron chi connectivity index (χ1n) is 7.82. The van der Waals surface area contributed by atoms with Gasteiger partial charge >= 0.3 is 11.7 Å². The quantitative estimate of drug-likeness (QED) is 0.529. The normalized spacial score (nSPS) is 10.8. The van der Waals surface area contributed by atoms with Crippen molar-refractivity contribution < 1.29 is 19.4 Å².